The summed E-state index contributed by atoms with van der Waals surface area (Å²) in [4.78, 5) is 5.60. The predicted molar refractivity (Wildman–Crippen MR) is 321 cm³/mol. The molecular formula is C71H87BN2. The molecule has 0 radical (unpaired) electrons. The van der Waals surface area contributed by atoms with Crippen LogP contribution in [0.1, 0.15) is 233 Å². The van der Waals surface area contributed by atoms with Crippen molar-refractivity contribution in [2.24, 2.45) is 0 Å². The van der Waals surface area contributed by atoms with Crippen molar-refractivity contribution >= 4 is 57.2 Å². The summed E-state index contributed by atoms with van der Waals surface area (Å²) in [5, 5.41) is 0. The lowest BCUT2D eigenvalue weighted by Crippen LogP contribution is -2.62. The lowest BCUT2D eigenvalue weighted by Gasteiger charge is -2.50. The van der Waals surface area contributed by atoms with E-state index in [-0.39, 0.29) is 55.4 Å². The molecule has 2 nitrogen and oxygen atoms in total. The highest BCUT2D eigenvalue weighted by molar-refractivity contribution is 7.00. The Kier molecular flexibility index (Phi) is 10.2. The molecule has 6 aromatic rings. The zero-order valence-electron chi connectivity index (χ0n) is 49.4. The zero-order chi connectivity index (χ0) is 53.2. The molecule has 384 valence electrons. The van der Waals surface area contributed by atoms with E-state index in [9.17, 15) is 0 Å². The van der Waals surface area contributed by atoms with Gasteiger partial charge in [-0.15, -0.1) is 0 Å². The van der Waals surface area contributed by atoms with E-state index < -0.39 is 0 Å². The SMILES string of the molecule is CC(C)(C)c1cc2c3c(c1)N(c1ccc(C(C)(C)C)c4c1C(C)(C)c1ccccc1-4)c1cc4c(cc1B3c1cc3c(cc1N2c1ccc2c(c1)C(C)(C)CCC2(C)C)C(C)(C)CCC3(C)C)C(C)(C)CCC4(C)C. The Morgan fingerprint density at radius 2 is 0.838 bits per heavy atom. The van der Waals surface area contributed by atoms with Crippen LogP contribution in [0.15, 0.2) is 91.0 Å². The van der Waals surface area contributed by atoms with Crippen LogP contribution in [-0.4, -0.2) is 6.71 Å². The summed E-state index contributed by atoms with van der Waals surface area (Å²) in [7, 11) is 0. The average molecular weight is 979 g/mol. The van der Waals surface area contributed by atoms with Crippen LogP contribution in [0.5, 0.6) is 0 Å². The van der Waals surface area contributed by atoms with Crippen LogP contribution in [0.2, 0.25) is 0 Å². The van der Waals surface area contributed by atoms with Gasteiger partial charge in [-0.1, -0.05) is 187 Å². The third kappa shape index (κ3) is 6.94. The summed E-state index contributed by atoms with van der Waals surface area (Å²) < 4.78 is 0. The molecule has 2 heterocycles. The molecule has 0 spiro atoms. The Morgan fingerprint density at radius 1 is 0.392 bits per heavy atom. The summed E-state index contributed by atoms with van der Waals surface area (Å²) >= 11 is 0. The van der Waals surface area contributed by atoms with Gasteiger partial charge in [0.25, 0.3) is 6.71 Å². The molecule has 74 heavy (non-hydrogen) atoms. The smallest absolute Gasteiger partial charge is 0.252 e. The minimum absolute atomic E-state index is 0.0303. The Morgan fingerprint density at radius 3 is 1.34 bits per heavy atom. The maximum absolute atomic E-state index is 2.82. The maximum atomic E-state index is 2.82. The quantitative estimate of drug-likeness (QED) is 0.159. The Hall–Kier alpha value is -5.02. The first-order valence-electron chi connectivity index (χ1n) is 28.8. The summed E-state index contributed by atoms with van der Waals surface area (Å²) in [6, 6.07) is 38.3. The Bertz CT molecular complexity index is 3410. The lowest BCUT2D eigenvalue weighted by atomic mass is 9.32. The normalized spacial score (nSPS) is 21.3. The van der Waals surface area contributed by atoms with Crippen LogP contribution >= 0.6 is 0 Å². The molecule has 0 atom stereocenters. The molecule has 0 bridgehead atoms. The van der Waals surface area contributed by atoms with E-state index in [4.69, 9.17) is 0 Å². The first kappa shape index (κ1) is 49.8. The van der Waals surface area contributed by atoms with Gasteiger partial charge in [-0.05, 0) is 207 Å². The third-order valence-electron chi connectivity index (χ3n) is 20.7. The first-order chi connectivity index (χ1) is 34.2. The zero-order valence-corrected chi connectivity index (χ0v) is 49.4. The van der Waals surface area contributed by atoms with E-state index in [2.05, 4.69) is 239 Å². The number of fused-ring (bicyclic) bond motifs is 10. The van der Waals surface area contributed by atoms with Gasteiger partial charge in [0.2, 0.25) is 0 Å². The molecule has 0 saturated carbocycles. The van der Waals surface area contributed by atoms with E-state index in [1.165, 1.54) is 156 Å². The highest BCUT2D eigenvalue weighted by Gasteiger charge is 2.51. The first-order valence-corrected chi connectivity index (χ1v) is 28.8. The molecule has 4 aliphatic carbocycles. The maximum Gasteiger partial charge on any atom is 0.252 e. The topological polar surface area (TPSA) is 6.48 Å². The number of benzene rings is 6. The average Bonchev–Trinajstić information content (AvgIpc) is 3.55. The minimum atomic E-state index is -0.240. The van der Waals surface area contributed by atoms with Gasteiger partial charge in [-0.2, -0.15) is 0 Å². The second kappa shape index (κ2) is 15.1. The molecular weight excluding hydrogens is 892 g/mol. The van der Waals surface area contributed by atoms with Gasteiger partial charge >= 0.3 is 0 Å². The van der Waals surface area contributed by atoms with Crippen molar-refractivity contribution in [1.29, 1.82) is 0 Å². The second-order valence-electron chi connectivity index (χ2n) is 31.0. The van der Waals surface area contributed by atoms with Gasteiger partial charge < -0.3 is 9.80 Å². The fourth-order valence-corrected chi connectivity index (χ4v) is 15.5. The largest absolute Gasteiger partial charge is 0.311 e. The van der Waals surface area contributed by atoms with E-state index in [1.807, 2.05) is 0 Å². The Balaban J connectivity index is 1.27. The number of nitrogens with zero attached hydrogens (tertiary/aromatic N) is 2. The van der Waals surface area contributed by atoms with Crippen LogP contribution < -0.4 is 26.2 Å². The van der Waals surface area contributed by atoms with Crippen molar-refractivity contribution in [2.75, 3.05) is 9.80 Å². The summed E-state index contributed by atoms with van der Waals surface area (Å²) in [5.74, 6) is 0. The molecule has 12 rings (SSSR count). The number of hydrogen-bond acceptors (Lipinski definition) is 2. The molecule has 0 unspecified atom stereocenters. The molecule has 0 saturated heterocycles. The fourth-order valence-electron chi connectivity index (χ4n) is 15.5. The van der Waals surface area contributed by atoms with Gasteiger partial charge in [0.05, 0.1) is 5.69 Å². The van der Waals surface area contributed by atoms with Gasteiger partial charge in [-0.3, -0.25) is 0 Å². The lowest BCUT2D eigenvalue weighted by molar-refractivity contribution is 0.332. The van der Waals surface area contributed by atoms with Gasteiger partial charge in [-0.25, -0.2) is 0 Å². The molecule has 0 fully saturated rings. The minimum Gasteiger partial charge on any atom is -0.311 e. The summed E-state index contributed by atoms with van der Waals surface area (Å²) in [6.07, 6.45) is 7.10. The molecule has 0 amide bonds. The molecule has 6 aromatic carbocycles. The van der Waals surface area contributed by atoms with Crippen LogP contribution in [0.4, 0.5) is 34.1 Å². The predicted octanol–water partition coefficient (Wildman–Crippen LogP) is 17.7. The van der Waals surface area contributed by atoms with Crippen molar-refractivity contribution in [1.82, 2.24) is 0 Å². The third-order valence-corrected chi connectivity index (χ3v) is 20.7. The van der Waals surface area contributed by atoms with Crippen molar-refractivity contribution in [3.8, 4) is 11.1 Å². The summed E-state index contributed by atoms with van der Waals surface area (Å²) in [5.41, 5.74) is 29.9. The van der Waals surface area contributed by atoms with Gasteiger partial charge in [0.15, 0.2) is 0 Å². The van der Waals surface area contributed by atoms with Crippen molar-refractivity contribution in [3.63, 3.8) is 0 Å². The van der Waals surface area contributed by atoms with Gasteiger partial charge in [0, 0.05) is 33.9 Å². The molecule has 2 aliphatic heterocycles. The van der Waals surface area contributed by atoms with Crippen LogP contribution in [-0.2, 0) is 48.7 Å². The summed E-state index contributed by atoms with van der Waals surface area (Å²) in [6.45, 7) is 49.7. The van der Waals surface area contributed by atoms with Crippen LogP contribution in [0.3, 0.4) is 0 Å². The highest BCUT2D eigenvalue weighted by Crippen LogP contribution is 2.60. The van der Waals surface area contributed by atoms with Crippen molar-refractivity contribution < 1.29 is 0 Å². The van der Waals surface area contributed by atoms with Crippen LogP contribution in [0.25, 0.3) is 11.1 Å². The molecule has 3 heteroatoms. The fraction of sp³-hybridized carbons (Fsp3) is 0.493. The molecule has 0 aromatic heterocycles. The van der Waals surface area contributed by atoms with Crippen molar-refractivity contribution in [3.05, 3.63) is 147 Å². The van der Waals surface area contributed by atoms with E-state index in [0.717, 1.165) is 0 Å². The van der Waals surface area contributed by atoms with E-state index in [0.29, 0.717) is 0 Å². The number of rotatable bonds is 2. The number of hydrogen-bond donors (Lipinski definition) is 0. The molecule has 0 N–H and O–H groups in total. The Labute approximate surface area is 448 Å². The standard InChI is InChI=1S/C71H87BN2/c1-63(2,3)42-35-58-62-59(36-42)74(55-28-27-47(64(4,5)6)60-44-23-21-22-24-45(44)71(19,20)61(55)60)57-41-52-50(68(13,14)32-34-70(52,17)18)39-54(57)72(62)53-38-49-51(69(15,16)33-31-67(49,11)12)40-56(53)73(58)43-25-26-46-48(37-43)66(9,10)30-29-65(46,7)8/h21-28,35-41H,29-34H2,1-20H3. The van der Waals surface area contributed by atoms with Crippen LogP contribution in [0, 0.1) is 0 Å². The van der Waals surface area contributed by atoms with E-state index in [1.54, 1.807) is 0 Å². The second-order valence-corrected chi connectivity index (χ2v) is 31.0. The van der Waals surface area contributed by atoms with Crippen molar-refractivity contribution in [2.45, 2.75) is 226 Å². The molecule has 6 aliphatic rings. The van der Waals surface area contributed by atoms with Gasteiger partial charge in [0.1, 0.15) is 0 Å². The monoisotopic (exact) mass is 979 g/mol. The number of anilines is 6. The van der Waals surface area contributed by atoms with E-state index >= 15 is 0 Å². The highest BCUT2D eigenvalue weighted by atomic mass is 15.2.